The predicted molar refractivity (Wildman–Crippen MR) is 105 cm³/mol. The van der Waals surface area contributed by atoms with Gasteiger partial charge < -0.3 is 14.0 Å². The number of fused-ring (bicyclic) bond motifs is 2. The van der Waals surface area contributed by atoms with Crippen molar-refractivity contribution < 1.29 is 14.3 Å². The number of aromatic nitrogens is 1. The van der Waals surface area contributed by atoms with Gasteiger partial charge in [0.1, 0.15) is 13.2 Å². The van der Waals surface area contributed by atoms with Gasteiger partial charge in [-0.05, 0) is 12.8 Å². The van der Waals surface area contributed by atoms with Gasteiger partial charge in [0.15, 0.2) is 16.3 Å². The molecule has 0 unspecified atom stereocenters. The molecule has 0 saturated carbocycles. The average molecular weight is 375 g/mol. The van der Waals surface area contributed by atoms with Crippen LogP contribution in [0.5, 0.6) is 11.5 Å². The zero-order valence-electron chi connectivity index (χ0n) is 15.5. The Balaban J connectivity index is 2.07. The van der Waals surface area contributed by atoms with E-state index in [1.807, 2.05) is 22.8 Å². The van der Waals surface area contributed by atoms with Crippen molar-refractivity contribution in [2.75, 3.05) is 13.2 Å². The Hall–Kier alpha value is -2.08. The molecule has 1 amide bonds. The van der Waals surface area contributed by atoms with Gasteiger partial charge in [0, 0.05) is 24.6 Å². The second-order valence-corrected chi connectivity index (χ2v) is 7.48. The lowest BCUT2D eigenvalue weighted by molar-refractivity contribution is -0.122. The first-order valence-corrected chi connectivity index (χ1v) is 10.1. The molecule has 2 aromatic rings. The number of hydrogen-bond donors (Lipinski definition) is 0. The van der Waals surface area contributed by atoms with E-state index in [0.29, 0.717) is 24.6 Å². The van der Waals surface area contributed by atoms with Crippen molar-refractivity contribution >= 4 is 27.5 Å². The van der Waals surface area contributed by atoms with E-state index in [4.69, 9.17) is 9.47 Å². The van der Waals surface area contributed by atoms with Crippen LogP contribution < -0.4 is 14.3 Å². The number of amides is 1. The second kappa shape index (κ2) is 8.54. The Bertz CT molecular complexity index is 860. The van der Waals surface area contributed by atoms with Gasteiger partial charge in [-0.15, -0.1) is 6.58 Å². The summed E-state index contributed by atoms with van der Waals surface area (Å²) in [7, 11) is 0. The van der Waals surface area contributed by atoms with Crippen LogP contribution in [-0.2, 0) is 11.3 Å². The van der Waals surface area contributed by atoms with Crippen LogP contribution in [0.25, 0.3) is 10.2 Å². The minimum absolute atomic E-state index is 0.00673. The molecule has 5 nitrogen and oxygen atoms in total. The molecular formula is C20H26N2O3S. The maximum absolute atomic E-state index is 12.7. The second-order valence-electron chi connectivity index (χ2n) is 6.47. The van der Waals surface area contributed by atoms with Gasteiger partial charge in [0.2, 0.25) is 0 Å². The van der Waals surface area contributed by atoms with Crippen LogP contribution in [-0.4, -0.2) is 23.7 Å². The minimum atomic E-state index is -0.0182. The molecule has 0 N–H and O–H groups in total. The summed E-state index contributed by atoms with van der Waals surface area (Å²) in [4.78, 5) is 17.9. The van der Waals surface area contributed by atoms with Gasteiger partial charge in [-0.2, -0.15) is 4.99 Å². The summed E-state index contributed by atoms with van der Waals surface area (Å²) in [5.41, 5.74) is 0.994. The number of carbonyl (C=O) groups excluding carboxylic acids is 1. The summed E-state index contributed by atoms with van der Waals surface area (Å²) >= 11 is 1.51. The molecule has 140 valence electrons. The van der Waals surface area contributed by atoms with Crippen LogP contribution in [0.2, 0.25) is 0 Å². The van der Waals surface area contributed by atoms with Crippen molar-refractivity contribution in [3.8, 4) is 11.5 Å². The summed E-state index contributed by atoms with van der Waals surface area (Å²) in [6, 6.07) is 3.95. The van der Waals surface area contributed by atoms with Gasteiger partial charge >= 0.3 is 0 Å². The smallest absolute Gasteiger partial charge is 0.251 e. The summed E-state index contributed by atoms with van der Waals surface area (Å²) in [5, 5.41) is 0. The summed E-state index contributed by atoms with van der Waals surface area (Å²) < 4.78 is 14.4. The highest BCUT2D eigenvalue weighted by atomic mass is 32.1. The molecular weight excluding hydrogens is 348 g/mol. The Morgan fingerprint density at radius 2 is 1.92 bits per heavy atom. The number of hydrogen-bond acceptors (Lipinski definition) is 4. The van der Waals surface area contributed by atoms with Crippen LogP contribution in [0.1, 0.15) is 39.5 Å². The van der Waals surface area contributed by atoms with E-state index in [0.717, 1.165) is 47.4 Å². The molecule has 1 aromatic carbocycles. The highest BCUT2D eigenvalue weighted by Gasteiger charge is 2.19. The fourth-order valence-electron chi connectivity index (χ4n) is 3.27. The van der Waals surface area contributed by atoms with Crippen LogP contribution in [0.3, 0.4) is 0 Å². The molecule has 6 heteroatoms. The normalized spacial score (nSPS) is 14.2. The molecule has 1 aliphatic rings. The third kappa shape index (κ3) is 3.85. The summed E-state index contributed by atoms with van der Waals surface area (Å²) in [6.07, 6.45) is 5.58. The van der Waals surface area contributed by atoms with E-state index in [1.165, 1.54) is 11.3 Å². The van der Waals surface area contributed by atoms with E-state index < -0.39 is 0 Å². The third-order valence-electron chi connectivity index (χ3n) is 4.49. The molecule has 3 rings (SSSR count). The Kier molecular flexibility index (Phi) is 6.14. The summed E-state index contributed by atoms with van der Waals surface area (Å²) in [5.74, 6) is 1.48. The number of allylic oxidation sites excluding steroid dienone is 1. The first-order chi connectivity index (χ1) is 12.7. The van der Waals surface area contributed by atoms with Gasteiger partial charge in [-0.1, -0.05) is 44.1 Å². The highest BCUT2D eigenvalue weighted by Crippen LogP contribution is 2.35. The molecule has 0 bridgehead atoms. The number of benzene rings is 1. The summed E-state index contributed by atoms with van der Waals surface area (Å²) in [6.45, 7) is 9.77. The molecule has 0 saturated heterocycles. The van der Waals surface area contributed by atoms with Crippen LogP contribution in [0.15, 0.2) is 29.8 Å². The van der Waals surface area contributed by atoms with Gasteiger partial charge in [-0.25, -0.2) is 0 Å². The standard InChI is InChI=1S/C20H26N2O3S/c1-4-7-14(8-5-2)19(23)21-20-22(9-6-3)15-12-16-17(13-18(15)26-20)25-11-10-24-16/h6,12-14H,3-5,7-11H2,1-2H3. The third-order valence-corrected chi connectivity index (χ3v) is 5.53. The average Bonchev–Trinajstić information content (AvgIpc) is 2.96. The molecule has 26 heavy (non-hydrogen) atoms. The van der Waals surface area contributed by atoms with Gasteiger partial charge in [-0.3, -0.25) is 4.79 Å². The topological polar surface area (TPSA) is 52.8 Å². The molecule has 0 spiro atoms. The first-order valence-electron chi connectivity index (χ1n) is 9.30. The predicted octanol–water partition coefficient (Wildman–Crippen LogP) is 4.30. The van der Waals surface area contributed by atoms with E-state index in [9.17, 15) is 4.79 Å². The van der Waals surface area contributed by atoms with Crippen molar-refractivity contribution in [3.05, 3.63) is 29.6 Å². The Morgan fingerprint density at radius 1 is 1.27 bits per heavy atom. The number of carbonyl (C=O) groups is 1. The molecule has 1 aromatic heterocycles. The van der Waals surface area contributed by atoms with Crippen molar-refractivity contribution in [2.24, 2.45) is 10.9 Å². The van der Waals surface area contributed by atoms with Crippen LogP contribution >= 0.6 is 11.3 Å². The van der Waals surface area contributed by atoms with Gasteiger partial charge in [0.05, 0.1) is 10.2 Å². The molecule has 1 aliphatic heterocycles. The number of thiazole rings is 1. The first kappa shape index (κ1) is 18.7. The minimum Gasteiger partial charge on any atom is -0.486 e. The van der Waals surface area contributed by atoms with Crippen molar-refractivity contribution in [3.63, 3.8) is 0 Å². The maximum atomic E-state index is 12.7. The zero-order valence-corrected chi connectivity index (χ0v) is 16.3. The fourth-order valence-corrected chi connectivity index (χ4v) is 4.33. The van der Waals surface area contributed by atoms with Crippen molar-refractivity contribution in [1.82, 2.24) is 4.57 Å². The van der Waals surface area contributed by atoms with E-state index in [1.54, 1.807) is 0 Å². The lowest BCUT2D eigenvalue weighted by Gasteiger charge is -2.18. The molecule has 0 radical (unpaired) electrons. The van der Waals surface area contributed by atoms with Crippen LogP contribution in [0, 0.1) is 5.92 Å². The molecule has 0 aliphatic carbocycles. The van der Waals surface area contributed by atoms with E-state index in [-0.39, 0.29) is 11.8 Å². The lowest BCUT2D eigenvalue weighted by atomic mass is 9.98. The largest absolute Gasteiger partial charge is 0.486 e. The lowest BCUT2D eigenvalue weighted by Crippen LogP contribution is -2.20. The molecule has 0 atom stereocenters. The monoisotopic (exact) mass is 374 g/mol. The number of rotatable bonds is 7. The SMILES string of the molecule is C=CCn1c(=NC(=O)C(CCC)CCC)sc2cc3c(cc21)OCCO3. The Morgan fingerprint density at radius 3 is 2.54 bits per heavy atom. The Labute approximate surface area is 158 Å². The van der Waals surface area contributed by atoms with Crippen LogP contribution in [0.4, 0.5) is 0 Å². The fraction of sp³-hybridized carbons (Fsp3) is 0.500. The number of nitrogens with zero attached hydrogens (tertiary/aromatic N) is 2. The number of ether oxygens (including phenoxy) is 2. The quantitative estimate of drug-likeness (QED) is 0.679. The molecule has 2 heterocycles. The van der Waals surface area contributed by atoms with Crippen molar-refractivity contribution in [2.45, 2.75) is 46.1 Å². The molecule has 0 fully saturated rings. The highest BCUT2D eigenvalue weighted by molar-refractivity contribution is 7.16. The van der Waals surface area contributed by atoms with Gasteiger partial charge in [0.25, 0.3) is 5.91 Å². The zero-order chi connectivity index (χ0) is 18.5. The van der Waals surface area contributed by atoms with E-state index in [2.05, 4.69) is 25.4 Å². The van der Waals surface area contributed by atoms with Crippen molar-refractivity contribution in [1.29, 1.82) is 0 Å². The van der Waals surface area contributed by atoms with E-state index >= 15 is 0 Å². The maximum Gasteiger partial charge on any atom is 0.251 e.